The topological polar surface area (TPSA) is 54.4 Å². The number of hydrogen-bond acceptors (Lipinski definition) is 4. The number of aromatic nitrogens is 1. The predicted molar refractivity (Wildman–Crippen MR) is 95.9 cm³/mol. The minimum Gasteiger partial charge on any atom is -0.496 e. The Balaban J connectivity index is 1.73. The Morgan fingerprint density at radius 2 is 1.83 bits per heavy atom. The Morgan fingerprint density at radius 3 is 2.58 bits per heavy atom. The maximum Gasteiger partial charge on any atom is 0.126 e. The maximum atomic E-state index is 9.35. The number of pyridine rings is 1. The first kappa shape index (κ1) is 16.0. The highest BCUT2D eigenvalue weighted by atomic mass is 16.5. The van der Waals surface area contributed by atoms with E-state index in [1.807, 2.05) is 24.3 Å². The van der Waals surface area contributed by atoms with Crippen molar-refractivity contribution in [3.63, 3.8) is 0 Å². The summed E-state index contributed by atoms with van der Waals surface area (Å²) in [4.78, 5) is 4.09. The summed E-state index contributed by atoms with van der Waals surface area (Å²) in [7, 11) is 1.68. The molecule has 1 aromatic heterocycles. The number of hydrogen-bond donors (Lipinski definition) is 2. The van der Waals surface area contributed by atoms with Gasteiger partial charge in [-0.05, 0) is 23.3 Å². The quantitative estimate of drug-likeness (QED) is 0.724. The summed E-state index contributed by atoms with van der Waals surface area (Å²) in [5.41, 5.74) is 5.05. The van der Waals surface area contributed by atoms with Gasteiger partial charge in [0.25, 0.3) is 0 Å². The molecule has 0 fully saturated rings. The molecule has 0 saturated heterocycles. The molecule has 0 unspecified atom stereocenters. The SMILES string of the molecule is COc1ccccc1-c1ccc(CNc2cnccc2CO)cc1. The molecule has 1 heterocycles. The predicted octanol–water partition coefficient (Wildman–Crippen LogP) is 3.86. The first-order chi connectivity index (χ1) is 11.8. The number of para-hydroxylation sites is 1. The highest BCUT2D eigenvalue weighted by Crippen LogP contribution is 2.29. The van der Waals surface area contributed by atoms with Crippen LogP contribution in [-0.2, 0) is 13.2 Å². The van der Waals surface area contributed by atoms with Crippen molar-refractivity contribution in [1.82, 2.24) is 4.98 Å². The van der Waals surface area contributed by atoms with Gasteiger partial charge in [-0.15, -0.1) is 0 Å². The monoisotopic (exact) mass is 320 g/mol. The van der Waals surface area contributed by atoms with E-state index in [1.54, 1.807) is 19.5 Å². The number of anilines is 1. The highest BCUT2D eigenvalue weighted by Gasteiger charge is 2.05. The lowest BCUT2D eigenvalue weighted by Gasteiger charge is -2.11. The maximum absolute atomic E-state index is 9.35. The number of nitrogens with one attached hydrogen (secondary N) is 1. The molecule has 2 N–H and O–H groups in total. The van der Waals surface area contributed by atoms with Gasteiger partial charge >= 0.3 is 0 Å². The third kappa shape index (κ3) is 3.55. The second-order valence-corrected chi connectivity index (χ2v) is 5.44. The summed E-state index contributed by atoms with van der Waals surface area (Å²) in [5.74, 6) is 0.867. The number of benzene rings is 2. The molecular formula is C20H20N2O2. The summed E-state index contributed by atoms with van der Waals surface area (Å²) in [6, 6.07) is 18.1. The van der Waals surface area contributed by atoms with E-state index in [-0.39, 0.29) is 6.61 Å². The number of ether oxygens (including phenoxy) is 1. The summed E-state index contributed by atoms with van der Waals surface area (Å²) in [6.07, 6.45) is 3.41. The van der Waals surface area contributed by atoms with Crippen LogP contribution in [0.1, 0.15) is 11.1 Å². The van der Waals surface area contributed by atoms with Gasteiger partial charge in [-0.2, -0.15) is 0 Å². The highest BCUT2D eigenvalue weighted by molar-refractivity contribution is 5.70. The fourth-order valence-corrected chi connectivity index (χ4v) is 2.60. The van der Waals surface area contributed by atoms with Gasteiger partial charge in [-0.3, -0.25) is 4.98 Å². The van der Waals surface area contributed by atoms with E-state index < -0.39 is 0 Å². The van der Waals surface area contributed by atoms with Crippen molar-refractivity contribution >= 4 is 5.69 Å². The lowest BCUT2D eigenvalue weighted by Crippen LogP contribution is -2.03. The van der Waals surface area contributed by atoms with Gasteiger partial charge in [-0.25, -0.2) is 0 Å². The van der Waals surface area contributed by atoms with Crippen molar-refractivity contribution in [2.45, 2.75) is 13.2 Å². The summed E-state index contributed by atoms with van der Waals surface area (Å²) in [5, 5.41) is 12.7. The molecule has 0 radical (unpaired) electrons. The molecular weight excluding hydrogens is 300 g/mol. The van der Waals surface area contributed by atoms with Crippen LogP contribution in [0.2, 0.25) is 0 Å². The third-order valence-corrected chi connectivity index (χ3v) is 3.94. The molecule has 0 spiro atoms. The lowest BCUT2D eigenvalue weighted by molar-refractivity contribution is 0.282. The molecule has 0 aliphatic heterocycles. The minimum absolute atomic E-state index is 0.00239. The van der Waals surface area contributed by atoms with Crippen LogP contribution in [-0.4, -0.2) is 17.2 Å². The standard InChI is InChI=1S/C20H20N2O2/c1-24-20-5-3-2-4-18(20)16-8-6-15(7-9-16)12-22-19-13-21-11-10-17(19)14-23/h2-11,13,22-23H,12,14H2,1H3. The molecule has 24 heavy (non-hydrogen) atoms. The fourth-order valence-electron chi connectivity index (χ4n) is 2.60. The minimum atomic E-state index is -0.00239. The van der Waals surface area contributed by atoms with Gasteiger partial charge in [0.2, 0.25) is 0 Å². The van der Waals surface area contributed by atoms with Gasteiger partial charge in [0.15, 0.2) is 0 Å². The molecule has 0 amide bonds. The Labute approximate surface area is 141 Å². The van der Waals surface area contributed by atoms with Crippen molar-refractivity contribution in [3.8, 4) is 16.9 Å². The Kier molecular flexibility index (Phi) is 5.08. The first-order valence-electron chi connectivity index (χ1n) is 7.82. The molecule has 4 heteroatoms. The zero-order valence-electron chi connectivity index (χ0n) is 13.6. The number of rotatable bonds is 6. The van der Waals surface area contributed by atoms with E-state index in [9.17, 15) is 5.11 Å². The summed E-state index contributed by atoms with van der Waals surface area (Å²) >= 11 is 0. The first-order valence-corrected chi connectivity index (χ1v) is 7.82. The Bertz CT molecular complexity index is 801. The van der Waals surface area contributed by atoms with Crippen LogP contribution in [0.4, 0.5) is 5.69 Å². The number of methoxy groups -OCH3 is 1. The molecule has 122 valence electrons. The van der Waals surface area contributed by atoms with E-state index >= 15 is 0 Å². The van der Waals surface area contributed by atoms with E-state index in [4.69, 9.17) is 4.74 Å². The second-order valence-electron chi connectivity index (χ2n) is 5.44. The van der Waals surface area contributed by atoms with E-state index in [0.29, 0.717) is 6.54 Å². The number of nitrogens with zero attached hydrogens (tertiary/aromatic N) is 1. The molecule has 2 aromatic carbocycles. The lowest BCUT2D eigenvalue weighted by atomic mass is 10.0. The number of aliphatic hydroxyl groups excluding tert-OH is 1. The molecule has 0 bridgehead atoms. The van der Waals surface area contributed by atoms with Crippen LogP contribution in [0.3, 0.4) is 0 Å². The van der Waals surface area contributed by atoms with Gasteiger partial charge in [0, 0.05) is 23.9 Å². The Morgan fingerprint density at radius 1 is 1.04 bits per heavy atom. The summed E-state index contributed by atoms with van der Waals surface area (Å²) in [6.45, 7) is 0.669. The average Bonchev–Trinajstić information content (AvgIpc) is 2.67. The number of aliphatic hydroxyl groups is 1. The zero-order chi connectivity index (χ0) is 16.8. The van der Waals surface area contributed by atoms with Crippen molar-refractivity contribution in [3.05, 3.63) is 78.1 Å². The normalized spacial score (nSPS) is 10.4. The fraction of sp³-hybridized carbons (Fsp3) is 0.150. The average molecular weight is 320 g/mol. The molecule has 3 rings (SSSR count). The van der Waals surface area contributed by atoms with Gasteiger partial charge < -0.3 is 15.2 Å². The zero-order valence-corrected chi connectivity index (χ0v) is 13.6. The smallest absolute Gasteiger partial charge is 0.126 e. The summed E-state index contributed by atoms with van der Waals surface area (Å²) < 4.78 is 5.42. The van der Waals surface area contributed by atoms with E-state index in [1.165, 1.54) is 0 Å². The van der Waals surface area contributed by atoms with E-state index in [0.717, 1.165) is 33.7 Å². The second kappa shape index (κ2) is 7.62. The van der Waals surface area contributed by atoms with Crippen molar-refractivity contribution in [2.24, 2.45) is 0 Å². The van der Waals surface area contributed by atoms with Crippen LogP contribution < -0.4 is 10.1 Å². The van der Waals surface area contributed by atoms with Crippen LogP contribution in [0.15, 0.2) is 67.0 Å². The van der Waals surface area contributed by atoms with Crippen molar-refractivity contribution in [2.75, 3.05) is 12.4 Å². The van der Waals surface area contributed by atoms with Crippen LogP contribution in [0.25, 0.3) is 11.1 Å². The molecule has 0 aliphatic rings. The van der Waals surface area contributed by atoms with Gasteiger partial charge in [0.05, 0.1) is 25.6 Å². The van der Waals surface area contributed by atoms with Gasteiger partial charge in [-0.1, -0.05) is 42.5 Å². The van der Waals surface area contributed by atoms with Crippen molar-refractivity contribution in [1.29, 1.82) is 0 Å². The largest absolute Gasteiger partial charge is 0.496 e. The van der Waals surface area contributed by atoms with E-state index in [2.05, 4.69) is 40.6 Å². The molecule has 0 saturated carbocycles. The molecule has 0 atom stereocenters. The van der Waals surface area contributed by atoms with Crippen LogP contribution in [0.5, 0.6) is 5.75 Å². The third-order valence-electron chi connectivity index (χ3n) is 3.94. The van der Waals surface area contributed by atoms with Crippen LogP contribution >= 0.6 is 0 Å². The van der Waals surface area contributed by atoms with Crippen LogP contribution in [0, 0.1) is 0 Å². The molecule has 4 nitrogen and oxygen atoms in total. The van der Waals surface area contributed by atoms with Crippen molar-refractivity contribution < 1.29 is 9.84 Å². The van der Waals surface area contributed by atoms with Gasteiger partial charge in [0.1, 0.15) is 5.75 Å². The molecule has 3 aromatic rings. The molecule has 0 aliphatic carbocycles. The Hall–Kier alpha value is -2.85.